The van der Waals surface area contributed by atoms with E-state index in [9.17, 15) is 16.8 Å². The van der Waals surface area contributed by atoms with Crippen molar-refractivity contribution in [2.75, 3.05) is 0 Å². The highest BCUT2D eigenvalue weighted by atomic mass is 35.7. The lowest BCUT2D eigenvalue weighted by atomic mass is 10.1. The molecule has 0 unspecified atom stereocenters. The molecule has 0 saturated carbocycles. The highest BCUT2D eigenvalue weighted by Crippen LogP contribution is 2.32. The van der Waals surface area contributed by atoms with Gasteiger partial charge in [0.05, 0.1) is 9.79 Å². The summed E-state index contributed by atoms with van der Waals surface area (Å²) in [6, 6.07) is 8.37. The molecule has 110 valence electrons. The van der Waals surface area contributed by atoms with Gasteiger partial charge in [-0.1, -0.05) is 0 Å². The van der Waals surface area contributed by atoms with Crippen LogP contribution in [0.25, 0.3) is 21.9 Å². The van der Waals surface area contributed by atoms with Crippen molar-refractivity contribution in [3.63, 3.8) is 0 Å². The number of hydrogen-bond acceptors (Lipinski definition) is 5. The van der Waals surface area contributed by atoms with Crippen molar-refractivity contribution in [3.8, 4) is 0 Å². The number of rotatable bonds is 2. The number of hydrogen-bond donors (Lipinski definition) is 0. The molecule has 0 amide bonds. The zero-order valence-electron chi connectivity index (χ0n) is 10.1. The van der Waals surface area contributed by atoms with Gasteiger partial charge in [-0.15, -0.1) is 0 Å². The van der Waals surface area contributed by atoms with Gasteiger partial charge in [0.15, 0.2) is 0 Å². The Morgan fingerprint density at radius 3 is 1.43 bits per heavy atom. The average Bonchev–Trinajstić information content (AvgIpc) is 2.73. The van der Waals surface area contributed by atoms with Gasteiger partial charge < -0.3 is 4.42 Å². The Bertz CT molecular complexity index is 995. The number of furan rings is 1. The number of halogens is 2. The largest absolute Gasteiger partial charge is 0.456 e. The molecule has 0 radical (unpaired) electrons. The molecule has 0 atom stereocenters. The Morgan fingerprint density at radius 1 is 0.714 bits per heavy atom. The standard InChI is InChI=1S/C12H6Cl2O5S2/c13-20(15,16)7-1-3-9-10-4-2-8(21(14,17)18)6-12(10)19-11(9)5-7/h1-6H. The van der Waals surface area contributed by atoms with E-state index in [2.05, 4.69) is 0 Å². The molecule has 21 heavy (non-hydrogen) atoms. The van der Waals surface area contributed by atoms with Crippen molar-refractivity contribution < 1.29 is 21.3 Å². The minimum atomic E-state index is -3.87. The van der Waals surface area contributed by atoms with E-state index in [1.807, 2.05) is 0 Å². The van der Waals surface area contributed by atoms with E-state index in [0.29, 0.717) is 10.8 Å². The molecular formula is C12H6Cl2O5S2. The van der Waals surface area contributed by atoms with Gasteiger partial charge in [0.25, 0.3) is 18.1 Å². The maximum atomic E-state index is 11.3. The van der Waals surface area contributed by atoms with Gasteiger partial charge in [-0.05, 0) is 24.3 Å². The lowest BCUT2D eigenvalue weighted by molar-refractivity contribution is 0.608. The van der Waals surface area contributed by atoms with Gasteiger partial charge in [-0.2, -0.15) is 0 Å². The quantitative estimate of drug-likeness (QED) is 0.650. The first-order chi connectivity index (χ1) is 9.66. The summed E-state index contributed by atoms with van der Waals surface area (Å²) in [5.41, 5.74) is 0.576. The van der Waals surface area contributed by atoms with Crippen LogP contribution in [0.15, 0.2) is 50.6 Å². The van der Waals surface area contributed by atoms with Gasteiger partial charge in [0, 0.05) is 44.3 Å². The SMILES string of the molecule is O=S(=O)(Cl)c1ccc2c(c1)oc1cc(S(=O)(=O)Cl)ccc12. The monoisotopic (exact) mass is 364 g/mol. The zero-order chi connectivity index (χ0) is 15.4. The van der Waals surface area contributed by atoms with Crippen molar-refractivity contribution >= 4 is 61.4 Å². The lowest BCUT2D eigenvalue weighted by Crippen LogP contribution is -1.89. The predicted molar refractivity (Wildman–Crippen MR) is 79.8 cm³/mol. The molecule has 5 nitrogen and oxygen atoms in total. The summed E-state index contributed by atoms with van der Waals surface area (Å²) >= 11 is 0. The minimum absolute atomic E-state index is 0.0964. The van der Waals surface area contributed by atoms with Crippen LogP contribution in [0.1, 0.15) is 0 Å². The van der Waals surface area contributed by atoms with Crippen LogP contribution in [-0.2, 0) is 18.1 Å². The third-order valence-electron chi connectivity index (χ3n) is 2.98. The summed E-state index contributed by atoms with van der Waals surface area (Å²) in [6.45, 7) is 0. The molecular weight excluding hydrogens is 359 g/mol. The van der Waals surface area contributed by atoms with E-state index in [4.69, 9.17) is 25.8 Å². The zero-order valence-corrected chi connectivity index (χ0v) is 13.2. The smallest absolute Gasteiger partial charge is 0.261 e. The van der Waals surface area contributed by atoms with E-state index in [1.165, 1.54) is 24.3 Å². The molecule has 0 aliphatic rings. The van der Waals surface area contributed by atoms with Gasteiger partial charge in [0.2, 0.25) is 0 Å². The molecule has 1 heterocycles. The molecule has 3 rings (SSSR count). The van der Waals surface area contributed by atoms with E-state index in [-0.39, 0.29) is 21.0 Å². The first-order valence-corrected chi connectivity index (χ1v) is 10.1. The van der Waals surface area contributed by atoms with Crippen LogP contribution < -0.4 is 0 Å². The van der Waals surface area contributed by atoms with Crippen LogP contribution >= 0.6 is 21.4 Å². The van der Waals surface area contributed by atoms with Crippen LogP contribution in [0.2, 0.25) is 0 Å². The molecule has 2 aromatic carbocycles. The van der Waals surface area contributed by atoms with Crippen molar-refractivity contribution in [1.82, 2.24) is 0 Å². The Hall–Kier alpha value is -1.28. The topological polar surface area (TPSA) is 81.4 Å². The van der Waals surface area contributed by atoms with E-state index < -0.39 is 18.1 Å². The fraction of sp³-hybridized carbons (Fsp3) is 0. The maximum absolute atomic E-state index is 11.3. The third-order valence-corrected chi connectivity index (χ3v) is 5.68. The van der Waals surface area contributed by atoms with E-state index in [0.717, 1.165) is 0 Å². The lowest BCUT2D eigenvalue weighted by Gasteiger charge is -1.95. The van der Waals surface area contributed by atoms with Crippen LogP contribution in [0.3, 0.4) is 0 Å². The van der Waals surface area contributed by atoms with Gasteiger partial charge in [-0.3, -0.25) is 0 Å². The number of benzene rings is 2. The van der Waals surface area contributed by atoms with E-state index in [1.54, 1.807) is 12.1 Å². The highest BCUT2D eigenvalue weighted by molar-refractivity contribution is 8.14. The summed E-state index contributed by atoms with van der Waals surface area (Å²) in [5.74, 6) is 0. The summed E-state index contributed by atoms with van der Waals surface area (Å²) < 4.78 is 50.7. The fourth-order valence-corrected chi connectivity index (χ4v) is 3.57. The van der Waals surface area contributed by atoms with Crippen LogP contribution in [-0.4, -0.2) is 16.8 Å². The summed E-state index contributed by atoms with van der Waals surface area (Å²) in [5, 5.41) is 1.29. The van der Waals surface area contributed by atoms with Crippen molar-refractivity contribution in [2.24, 2.45) is 0 Å². The van der Waals surface area contributed by atoms with Crippen molar-refractivity contribution in [3.05, 3.63) is 36.4 Å². The fourth-order valence-electron chi connectivity index (χ4n) is 2.04. The first-order valence-electron chi connectivity index (χ1n) is 5.52. The maximum Gasteiger partial charge on any atom is 0.261 e. The Kier molecular flexibility index (Phi) is 3.21. The third kappa shape index (κ3) is 2.62. The van der Waals surface area contributed by atoms with E-state index >= 15 is 0 Å². The summed E-state index contributed by atoms with van der Waals surface area (Å²) in [6.07, 6.45) is 0. The molecule has 0 N–H and O–H groups in total. The molecule has 0 aliphatic heterocycles. The van der Waals surface area contributed by atoms with Crippen LogP contribution in [0, 0.1) is 0 Å². The normalized spacial score (nSPS) is 13.0. The molecule has 3 aromatic rings. The molecule has 0 aliphatic carbocycles. The Labute approximate surface area is 128 Å². The molecule has 0 fully saturated rings. The molecule has 1 aromatic heterocycles. The van der Waals surface area contributed by atoms with Gasteiger partial charge >= 0.3 is 0 Å². The molecule has 0 saturated heterocycles. The number of fused-ring (bicyclic) bond motifs is 3. The van der Waals surface area contributed by atoms with Crippen LogP contribution in [0.5, 0.6) is 0 Å². The summed E-state index contributed by atoms with van der Waals surface area (Å²) in [4.78, 5) is -0.193. The second-order valence-corrected chi connectivity index (χ2v) is 9.43. The second kappa shape index (κ2) is 4.61. The Balaban J connectivity index is 2.34. The van der Waals surface area contributed by atoms with Crippen LogP contribution in [0.4, 0.5) is 0 Å². The first kappa shape index (κ1) is 14.6. The van der Waals surface area contributed by atoms with Gasteiger partial charge in [0.1, 0.15) is 11.2 Å². The molecule has 0 spiro atoms. The van der Waals surface area contributed by atoms with Gasteiger partial charge in [-0.25, -0.2) is 16.8 Å². The average molecular weight is 365 g/mol. The highest BCUT2D eigenvalue weighted by Gasteiger charge is 2.16. The second-order valence-electron chi connectivity index (χ2n) is 4.29. The Morgan fingerprint density at radius 2 is 1.10 bits per heavy atom. The van der Waals surface area contributed by atoms with Crippen molar-refractivity contribution in [1.29, 1.82) is 0 Å². The minimum Gasteiger partial charge on any atom is -0.456 e. The predicted octanol–water partition coefficient (Wildman–Crippen LogP) is 3.44. The summed E-state index contributed by atoms with van der Waals surface area (Å²) in [7, 11) is 2.82. The van der Waals surface area contributed by atoms with Crippen molar-refractivity contribution in [2.45, 2.75) is 9.79 Å². The molecule has 0 bridgehead atoms. The molecule has 9 heteroatoms.